The third-order valence-electron chi connectivity index (χ3n) is 3.75. The van der Waals surface area contributed by atoms with Gasteiger partial charge in [0.15, 0.2) is 0 Å². The molecule has 0 aliphatic heterocycles. The third kappa shape index (κ3) is 2.97. The smallest absolute Gasteiger partial charge is 0.127 e. The van der Waals surface area contributed by atoms with Crippen molar-refractivity contribution in [3.63, 3.8) is 0 Å². The molecular weight excluding hydrogens is 276 g/mol. The molecule has 0 bridgehead atoms. The summed E-state index contributed by atoms with van der Waals surface area (Å²) >= 11 is 0. The van der Waals surface area contributed by atoms with Crippen molar-refractivity contribution < 1.29 is 9.47 Å². The second kappa shape index (κ2) is 7.33. The van der Waals surface area contributed by atoms with Crippen molar-refractivity contribution in [3.8, 4) is 23.6 Å². The Bertz CT molecular complexity index is 741. The average Bonchev–Trinajstić information content (AvgIpc) is 2.57. The van der Waals surface area contributed by atoms with Crippen molar-refractivity contribution in [3.05, 3.63) is 35.9 Å². The number of nitrogens with zero attached hydrogens (tertiary/aromatic N) is 2. The maximum Gasteiger partial charge on any atom is 0.127 e. The molecule has 2 rings (SSSR count). The number of rotatable bonds is 6. The first-order chi connectivity index (χ1) is 10.8. The van der Waals surface area contributed by atoms with Crippen molar-refractivity contribution in [1.82, 2.24) is 0 Å². The lowest BCUT2D eigenvalue weighted by molar-refractivity contribution is 0.415. The lowest BCUT2D eigenvalue weighted by Crippen LogP contribution is -2.00. The number of hydrogen-bond acceptors (Lipinski definition) is 4. The van der Waals surface area contributed by atoms with Gasteiger partial charge in [0, 0.05) is 17.2 Å². The van der Waals surface area contributed by atoms with Gasteiger partial charge in [-0.3, -0.25) is 0 Å². The molecular formula is C18H18N2O2. The molecule has 112 valence electrons. The van der Waals surface area contributed by atoms with Crippen molar-refractivity contribution >= 4 is 10.8 Å². The summed E-state index contributed by atoms with van der Waals surface area (Å²) in [4.78, 5) is 0. The highest BCUT2D eigenvalue weighted by molar-refractivity contribution is 5.96. The van der Waals surface area contributed by atoms with Crippen LogP contribution in [0.4, 0.5) is 0 Å². The number of methoxy groups -OCH3 is 2. The van der Waals surface area contributed by atoms with Crippen LogP contribution in [0.1, 0.15) is 30.7 Å². The molecule has 1 atom stereocenters. The maximum atomic E-state index is 9.52. The quantitative estimate of drug-likeness (QED) is 0.750. The number of benzene rings is 2. The van der Waals surface area contributed by atoms with Gasteiger partial charge in [-0.25, -0.2) is 0 Å². The Hall–Kier alpha value is -2.72. The van der Waals surface area contributed by atoms with Gasteiger partial charge < -0.3 is 9.47 Å². The van der Waals surface area contributed by atoms with Gasteiger partial charge in [-0.2, -0.15) is 10.5 Å². The van der Waals surface area contributed by atoms with Crippen molar-refractivity contribution in [2.75, 3.05) is 14.2 Å². The van der Waals surface area contributed by atoms with Crippen LogP contribution in [0.3, 0.4) is 0 Å². The van der Waals surface area contributed by atoms with Gasteiger partial charge in [0.2, 0.25) is 0 Å². The summed E-state index contributed by atoms with van der Waals surface area (Å²) in [5.74, 6) is 1.22. The number of fused-ring (bicyclic) bond motifs is 1. The number of ether oxygens (including phenoxy) is 2. The largest absolute Gasteiger partial charge is 0.496 e. The molecule has 0 radical (unpaired) electrons. The Morgan fingerprint density at radius 1 is 1.05 bits per heavy atom. The molecule has 22 heavy (non-hydrogen) atoms. The summed E-state index contributed by atoms with van der Waals surface area (Å²) < 4.78 is 10.9. The second-order valence-electron chi connectivity index (χ2n) is 4.97. The van der Waals surface area contributed by atoms with E-state index < -0.39 is 0 Å². The standard InChI is InChI=1S/C18H18N2O2/c1-21-16-10-9-14(13(12-20)6-3-4-11-19)18-15(16)7-5-8-17(18)22-2/h5,7-10,13H,3-4,6H2,1-2H3. The van der Waals surface area contributed by atoms with Gasteiger partial charge in [0.05, 0.1) is 32.3 Å². The van der Waals surface area contributed by atoms with E-state index >= 15 is 0 Å². The van der Waals surface area contributed by atoms with Crippen molar-refractivity contribution in [2.45, 2.75) is 25.2 Å². The van der Waals surface area contributed by atoms with E-state index in [0.717, 1.165) is 27.8 Å². The van der Waals surface area contributed by atoms with Gasteiger partial charge in [0.1, 0.15) is 11.5 Å². The van der Waals surface area contributed by atoms with E-state index in [2.05, 4.69) is 12.1 Å². The van der Waals surface area contributed by atoms with E-state index in [1.807, 2.05) is 30.3 Å². The summed E-state index contributed by atoms with van der Waals surface area (Å²) in [5.41, 5.74) is 0.925. The lowest BCUT2D eigenvalue weighted by atomic mass is 9.90. The summed E-state index contributed by atoms with van der Waals surface area (Å²) in [6.45, 7) is 0. The van der Waals surface area contributed by atoms with E-state index in [9.17, 15) is 5.26 Å². The first kappa shape index (κ1) is 15.7. The minimum Gasteiger partial charge on any atom is -0.496 e. The van der Waals surface area contributed by atoms with Crippen LogP contribution < -0.4 is 9.47 Å². The van der Waals surface area contributed by atoms with Crippen LogP contribution in [-0.4, -0.2) is 14.2 Å². The molecule has 2 aromatic carbocycles. The fraction of sp³-hybridized carbons (Fsp3) is 0.333. The van der Waals surface area contributed by atoms with Crippen LogP contribution >= 0.6 is 0 Å². The van der Waals surface area contributed by atoms with E-state index in [0.29, 0.717) is 19.3 Å². The van der Waals surface area contributed by atoms with Gasteiger partial charge in [-0.1, -0.05) is 18.2 Å². The topological polar surface area (TPSA) is 66.0 Å². The highest BCUT2D eigenvalue weighted by Crippen LogP contribution is 2.39. The zero-order valence-corrected chi connectivity index (χ0v) is 12.8. The number of hydrogen-bond donors (Lipinski definition) is 0. The molecule has 0 aliphatic rings. The molecule has 4 nitrogen and oxygen atoms in total. The summed E-state index contributed by atoms with van der Waals surface area (Å²) in [7, 11) is 3.25. The van der Waals surface area contributed by atoms with E-state index in [-0.39, 0.29) is 5.92 Å². The molecule has 0 saturated heterocycles. The normalized spacial score (nSPS) is 11.5. The zero-order chi connectivity index (χ0) is 15.9. The Kier molecular flexibility index (Phi) is 5.22. The SMILES string of the molecule is COc1ccc(C(C#N)CCCC#N)c2c(OC)cccc12. The molecule has 0 amide bonds. The first-order valence-electron chi connectivity index (χ1n) is 7.17. The van der Waals surface area contributed by atoms with Gasteiger partial charge in [-0.05, 0) is 30.5 Å². The molecule has 2 aromatic rings. The number of nitriles is 2. The minimum atomic E-state index is -0.266. The van der Waals surface area contributed by atoms with E-state index in [4.69, 9.17) is 14.7 Å². The highest BCUT2D eigenvalue weighted by Gasteiger charge is 2.18. The molecule has 0 heterocycles. The average molecular weight is 294 g/mol. The molecule has 0 aliphatic carbocycles. The van der Waals surface area contributed by atoms with Crippen LogP contribution in [0.2, 0.25) is 0 Å². The van der Waals surface area contributed by atoms with Crippen LogP contribution in [0.5, 0.6) is 11.5 Å². The fourth-order valence-corrected chi connectivity index (χ4v) is 2.69. The molecule has 1 unspecified atom stereocenters. The first-order valence-corrected chi connectivity index (χ1v) is 7.17. The van der Waals surface area contributed by atoms with Gasteiger partial charge >= 0.3 is 0 Å². The molecule has 0 spiro atoms. The monoisotopic (exact) mass is 294 g/mol. The van der Waals surface area contributed by atoms with Crippen molar-refractivity contribution in [1.29, 1.82) is 10.5 Å². The Balaban J connectivity index is 2.58. The van der Waals surface area contributed by atoms with E-state index in [1.165, 1.54) is 0 Å². The van der Waals surface area contributed by atoms with E-state index in [1.54, 1.807) is 14.2 Å². The molecule has 4 heteroatoms. The Morgan fingerprint density at radius 2 is 1.82 bits per heavy atom. The molecule has 0 saturated carbocycles. The Morgan fingerprint density at radius 3 is 2.45 bits per heavy atom. The predicted molar refractivity (Wildman–Crippen MR) is 84.9 cm³/mol. The number of unbranched alkanes of at least 4 members (excludes halogenated alkanes) is 1. The summed E-state index contributed by atoms with van der Waals surface area (Å²) in [5, 5.41) is 20.0. The highest BCUT2D eigenvalue weighted by atomic mass is 16.5. The minimum absolute atomic E-state index is 0.266. The summed E-state index contributed by atoms with van der Waals surface area (Å²) in [6.07, 6.45) is 1.82. The van der Waals surface area contributed by atoms with Gasteiger partial charge in [0.25, 0.3) is 0 Å². The third-order valence-corrected chi connectivity index (χ3v) is 3.75. The van der Waals surface area contributed by atoms with Crippen LogP contribution in [-0.2, 0) is 0 Å². The lowest BCUT2D eigenvalue weighted by Gasteiger charge is -2.16. The van der Waals surface area contributed by atoms with Crippen molar-refractivity contribution in [2.24, 2.45) is 0 Å². The predicted octanol–water partition coefficient (Wildman–Crippen LogP) is 4.16. The second-order valence-corrected chi connectivity index (χ2v) is 4.97. The van der Waals surface area contributed by atoms with Gasteiger partial charge in [-0.15, -0.1) is 0 Å². The fourth-order valence-electron chi connectivity index (χ4n) is 2.69. The van der Waals surface area contributed by atoms with Crippen LogP contribution in [0.25, 0.3) is 10.8 Å². The molecule has 0 N–H and O–H groups in total. The Labute approximate surface area is 130 Å². The van der Waals surface area contributed by atoms with Crippen LogP contribution in [0, 0.1) is 22.7 Å². The maximum absolute atomic E-state index is 9.52. The summed E-state index contributed by atoms with van der Waals surface area (Å²) in [6, 6.07) is 14.0. The zero-order valence-electron chi connectivity index (χ0n) is 12.8. The van der Waals surface area contributed by atoms with Crippen LogP contribution in [0.15, 0.2) is 30.3 Å². The molecule has 0 aromatic heterocycles. The molecule has 0 fully saturated rings.